The summed E-state index contributed by atoms with van der Waals surface area (Å²) >= 11 is 0. The van der Waals surface area contributed by atoms with E-state index in [0.29, 0.717) is 5.92 Å². The number of rotatable bonds is 3. The Balaban J connectivity index is 0. The summed E-state index contributed by atoms with van der Waals surface area (Å²) in [4.78, 5) is 0. The molecule has 0 aliphatic heterocycles. The fraction of sp³-hybridized carbons (Fsp3) is 0.619. The van der Waals surface area contributed by atoms with E-state index in [1.807, 2.05) is 13.8 Å². The molecule has 1 fully saturated rings. The van der Waals surface area contributed by atoms with Crippen LogP contribution in [0.25, 0.3) is 0 Å². The minimum Gasteiger partial charge on any atom is -0.344 e. The van der Waals surface area contributed by atoms with Crippen LogP contribution in [-0.4, -0.2) is 0 Å². The van der Waals surface area contributed by atoms with E-state index in [4.69, 9.17) is 0 Å². The van der Waals surface area contributed by atoms with Crippen LogP contribution in [-0.2, 0) is 0 Å². The van der Waals surface area contributed by atoms with Crippen molar-refractivity contribution >= 4 is 0 Å². The Bertz CT molecular complexity index is 369. The molecule has 1 aliphatic rings. The van der Waals surface area contributed by atoms with Crippen LogP contribution in [0.1, 0.15) is 89.7 Å². The van der Waals surface area contributed by atoms with Gasteiger partial charge in [-0.05, 0) is 48.1 Å². The van der Waals surface area contributed by atoms with Crippen LogP contribution in [0.15, 0.2) is 24.3 Å². The lowest BCUT2D eigenvalue weighted by Crippen LogP contribution is -2.10. The smallest absolute Gasteiger partial charge is 0.0162 e. The van der Waals surface area contributed by atoms with Crippen molar-refractivity contribution in [3.63, 3.8) is 0 Å². The summed E-state index contributed by atoms with van der Waals surface area (Å²) in [5.74, 6) is 2.48. The highest BCUT2D eigenvalue weighted by Crippen LogP contribution is 2.35. The zero-order valence-corrected chi connectivity index (χ0v) is 15.4. The Kier molecular flexibility index (Phi) is 14.0. The zero-order chi connectivity index (χ0) is 16.3. The predicted molar refractivity (Wildman–Crippen MR) is 102 cm³/mol. The molecule has 0 heterocycles. The number of terminal acetylenes is 1. The molecule has 0 aromatic heterocycles. The summed E-state index contributed by atoms with van der Waals surface area (Å²) in [6.07, 6.45) is 14.9. The van der Waals surface area contributed by atoms with E-state index in [1.165, 1.54) is 37.7 Å². The third-order valence-electron chi connectivity index (χ3n) is 4.61. The predicted octanol–water partition coefficient (Wildman–Crippen LogP) is 6.93. The van der Waals surface area contributed by atoms with Crippen molar-refractivity contribution in [2.45, 2.75) is 78.6 Å². The largest absolute Gasteiger partial charge is 0.344 e. The molecule has 126 valence electrons. The van der Waals surface area contributed by atoms with Gasteiger partial charge < -0.3 is 6.15 Å². The average molecular weight is 304 g/mol. The molecule has 0 saturated heterocycles. The van der Waals surface area contributed by atoms with Gasteiger partial charge in [0.25, 0.3) is 0 Å². The molecule has 2 rings (SSSR count). The maximum atomic E-state index is 4.00. The summed E-state index contributed by atoms with van der Waals surface area (Å²) in [6.45, 7) is 11.0. The van der Waals surface area contributed by atoms with Gasteiger partial charge >= 0.3 is 0 Å². The van der Waals surface area contributed by atoms with Crippen molar-refractivity contribution in [2.75, 3.05) is 0 Å². The molecule has 22 heavy (non-hydrogen) atoms. The molecular formula is C21H37N. The van der Waals surface area contributed by atoms with E-state index in [2.05, 4.69) is 57.9 Å². The fourth-order valence-electron chi connectivity index (χ4n) is 2.93. The molecule has 3 N–H and O–H groups in total. The molecular weight excluding hydrogens is 266 g/mol. The first-order valence-electron chi connectivity index (χ1n) is 8.64. The molecule has 1 aromatic carbocycles. The van der Waals surface area contributed by atoms with Gasteiger partial charge in [0.15, 0.2) is 0 Å². The van der Waals surface area contributed by atoms with Crippen LogP contribution in [0, 0.1) is 18.8 Å². The molecule has 1 atom stereocenters. The van der Waals surface area contributed by atoms with E-state index in [0.717, 1.165) is 11.8 Å². The topological polar surface area (TPSA) is 35.0 Å². The summed E-state index contributed by atoms with van der Waals surface area (Å²) in [5.41, 5.74) is 3.07. The average Bonchev–Trinajstić information content (AvgIpc) is 2.58. The normalized spacial score (nSPS) is 21.0. The van der Waals surface area contributed by atoms with Crippen LogP contribution in [0.5, 0.6) is 0 Å². The van der Waals surface area contributed by atoms with Crippen molar-refractivity contribution in [1.29, 1.82) is 0 Å². The number of benzene rings is 1. The molecule has 1 heteroatoms. The lowest BCUT2D eigenvalue weighted by Gasteiger charge is -2.26. The molecule has 0 bridgehead atoms. The Labute approximate surface area is 139 Å². The molecule has 1 aromatic rings. The van der Waals surface area contributed by atoms with E-state index in [-0.39, 0.29) is 6.15 Å². The van der Waals surface area contributed by atoms with Gasteiger partial charge in [0, 0.05) is 0 Å². The second kappa shape index (κ2) is 13.4. The van der Waals surface area contributed by atoms with E-state index in [1.54, 1.807) is 5.56 Å². The van der Waals surface area contributed by atoms with Crippen LogP contribution in [0.3, 0.4) is 0 Å². The molecule has 0 spiro atoms. The Hall–Kier alpha value is -1.26. The highest BCUT2D eigenvalue weighted by Gasteiger charge is 2.19. The Morgan fingerprint density at radius 3 is 1.86 bits per heavy atom. The monoisotopic (exact) mass is 303 g/mol. The molecule has 1 saturated carbocycles. The van der Waals surface area contributed by atoms with Gasteiger partial charge in [-0.2, -0.15) is 0 Å². The third-order valence-corrected chi connectivity index (χ3v) is 4.61. The fourth-order valence-corrected chi connectivity index (χ4v) is 2.93. The van der Waals surface area contributed by atoms with Crippen molar-refractivity contribution in [2.24, 2.45) is 5.92 Å². The van der Waals surface area contributed by atoms with Crippen molar-refractivity contribution in [3.05, 3.63) is 35.4 Å². The van der Waals surface area contributed by atoms with Crippen molar-refractivity contribution < 1.29 is 0 Å². The summed E-state index contributed by atoms with van der Waals surface area (Å²) in [5, 5.41) is 0. The number of hydrogen-bond donors (Lipinski definition) is 1. The third kappa shape index (κ3) is 7.14. The quantitative estimate of drug-likeness (QED) is 0.603. The minimum atomic E-state index is 0. The van der Waals surface area contributed by atoms with Gasteiger partial charge in [-0.25, -0.2) is 0 Å². The summed E-state index contributed by atoms with van der Waals surface area (Å²) < 4.78 is 0. The lowest BCUT2D eigenvalue weighted by molar-refractivity contribution is 0.348. The molecule has 0 radical (unpaired) electrons. The molecule has 1 nitrogen and oxygen atoms in total. The van der Waals surface area contributed by atoms with Crippen LogP contribution < -0.4 is 6.15 Å². The SMILES string of the molecule is C#C.CC.CCC(C)c1ccc(C2CCC(C)CC2)cc1.N. The standard InChI is InChI=1S/C17H26.C2H6.C2H2.H3N/c1-4-14(3)15-9-11-17(12-10-15)16-7-5-13(2)6-8-16;2*1-2;/h9-14,16H,4-8H2,1-3H3;1-2H3;1-2H;1H3. The van der Waals surface area contributed by atoms with Crippen molar-refractivity contribution in [3.8, 4) is 12.8 Å². The first-order chi connectivity index (χ1) is 10.2. The van der Waals surface area contributed by atoms with Gasteiger partial charge in [0.2, 0.25) is 0 Å². The Morgan fingerprint density at radius 2 is 1.45 bits per heavy atom. The van der Waals surface area contributed by atoms with Crippen LogP contribution >= 0.6 is 0 Å². The summed E-state index contributed by atoms with van der Waals surface area (Å²) in [7, 11) is 0. The van der Waals surface area contributed by atoms with E-state index in [9.17, 15) is 0 Å². The van der Waals surface area contributed by atoms with Gasteiger partial charge in [0.05, 0.1) is 0 Å². The highest BCUT2D eigenvalue weighted by atomic mass is 14.2. The first kappa shape index (κ1) is 23.0. The second-order valence-corrected chi connectivity index (χ2v) is 5.93. The van der Waals surface area contributed by atoms with Gasteiger partial charge in [-0.15, -0.1) is 12.8 Å². The van der Waals surface area contributed by atoms with Gasteiger partial charge in [-0.1, -0.05) is 71.7 Å². The summed E-state index contributed by atoms with van der Waals surface area (Å²) in [6, 6.07) is 9.45. The van der Waals surface area contributed by atoms with E-state index >= 15 is 0 Å². The minimum absolute atomic E-state index is 0. The van der Waals surface area contributed by atoms with Crippen molar-refractivity contribution in [1.82, 2.24) is 6.15 Å². The van der Waals surface area contributed by atoms with Gasteiger partial charge in [-0.3, -0.25) is 0 Å². The Morgan fingerprint density at radius 1 is 1.00 bits per heavy atom. The molecule has 0 amide bonds. The second-order valence-electron chi connectivity index (χ2n) is 5.93. The number of hydrogen-bond acceptors (Lipinski definition) is 1. The zero-order valence-electron chi connectivity index (χ0n) is 15.4. The molecule has 1 aliphatic carbocycles. The highest BCUT2D eigenvalue weighted by molar-refractivity contribution is 5.27. The van der Waals surface area contributed by atoms with Gasteiger partial charge in [0.1, 0.15) is 0 Å². The lowest BCUT2D eigenvalue weighted by atomic mass is 9.79. The van der Waals surface area contributed by atoms with Crippen LogP contribution in [0.2, 0.25) is 0 Å². The maximum absolute atomic E-state index is 4.00. The maximum Gasteiger partial charge on any atom is -0.0162 e. The van der Waals surface area contributed by atoms with E-state index < -0.39 is 0 Å². The first-order valence-corrected chi connectivity index (χ1v) is 8.64. The molecule has 1 unspecified atom stereocenters. The van der Waals surface area contributed by atoms with Crippen LogP contribution in [0.4, 0.5) is 0 Å².